The van der Waals surface area contributed by atoms with Crippen LogP contribution >= 0.6 is 0 Å². The molecule has 72 valence electrons. The summed E-state index contributed by atoms with van der Waals surface area (Å²) in [6, 6.07) is 4.51. The number of fused-ring (bicyclic) bond motifs is 1. The van der Waals surface area contributed by atoms with Crippen molar-refractivity contribution in [2.45, 2.75) is 0 Å². The number of hydrogen-bond acceptors (Lipinski definition) is 5. The molecule has 0 aliphatic carbocycles. The van der Waals surface area contributed by atoms with Crippen molar-refractivity contribution >= 4 is 22.3 Å². The van der Waals surface area contributed by atoms with Gasteiger partial charge in [0.05, 0.1) is 22.3 Å². The second-order valence-corrected chi connectivity index (χ2v) is 2.70. The lowest BCUT2D eigenvalue weighted by Crippen LogP contribution is -2.06. The highest BCUT2D eigenvalue weighted by atomic mass is 16.6. The topological polar surface area (TPSA) is 94.3 Å². The van der Waals surface area contributed by atoms with Crippen molar-refractivity contribution in [1.29, 1.82) is 0 Å². The van der Waals surface area contributed by atoms with Crippen LogP contribution < -0.4 is 11.3 Å². The Kier molecular flexibility index (Phi) is 1.83. The SMILES string of the molecule is NNc1ccc([N+](=O)[O-])c2occc12. The predicted octanol–water partition coefficient (Wildman–Crippen LogP) is 1.63. The minimum absolute atomic E-state index is 0.0657. The Morgan fingerprint density at radius 2 is 2.21 bits per heavy atom. The molecule has 6 nitrogen and oxygen atoms in total. The molecule has 0 amide bonds. The number of nitrogens with two attached hydrogens (primary N) is 1. The van der Waals surface area contributed by atoms with E-state index in [1.807, 2.05) is 0 Å². The van der Waals surface area contributed by atoms with Crippen molar-refractivity contribution < 1.29 is 9.34 Å². The van der Waals surface area contributed by atoms with Gasteiger partial charge in [-0.25, -0.2) is 0 Å². The summed E-state index contributed by atoms with van der Waals surface area (Å²) >= 11 is 0. The van der Waals surface area contributed by atoms with Crippen LogP contribution in [-0.2, 0) is 0 Å². The first-order valence-corrected chi connectivity index (χ1v) is 3.85. The fraction of sp³-hybridized carbons (Fsp3) is 0. The number of nitro groups is 1. The van der Waals surface area contributed by atoms with Crippen LogP contribution in [0.15, 0.2) is 28.9 Å². The van der Waals surface area contributed by atoms with Crippen LogP contribution in [0.3, 0.4) is 0 Å². The maximum absolute atomic E-state index is 10.6. The summed E-state index contributed by atoms with van der Waals surface area (Å²) < 4.78 is 5.02. The van der Waals surface area contributed by atoms with Gasteiger partial charge < -0.3 is 9.84 Å². The third-order valence-electron chi connectivity index (χ3n) is 1.95. The molecule has 0 spiro atoms. The number of non-ortho nitro benzene ring substituents is 1. The molecule has 0 unspecified atom stereocenters. The van der Waals surface area contributed by atoms with Gasteiger partial charge in [-0.05, 0) is 12.1 Å². The Morgan fingerprint density at radius 1 is 1.43 bits per heavy atom. The summed E-state index contributed by atoms with van der Waals surface area (Å²) in [5, 5.41) is 11.2. The second kappa shape index (κ2) is 3.00. The molecule has 14 heavy (non-hydrogen) atoms. The third kappa shape index (κ3) is 1.09. The molecular formula is C8H7N3O3. The van der Waals surface area contributed by atoms with E-state index in [-0.39, 0.29) is 11.3 Å². The second-order valence-electron chi connectivity index (χ2n) is 2.70. The molecule has 0 bridgehead atoms. The van der Waals surface area contributed by atoms with Crippen molar-refractivity contribution in [3.05, 3.63) is 34.6 Å². The van der Waals surface area contributed by atoms with Gasteiger partial charge in [-0.15, -0.1) is 0 Å². The lowest BCUT2D eigenvalue weighted by Gasteiger charge is -2.00. The van der Waals surface area contributed by atoms with Crippen LogP contribution in [0, 0.1) is 10.1 Å². The molecular weight excluding hydrogens is 186 g/mol. The van der Waals surface area contributed by atoms with Crippen molar-refractivity contribution in [1.82, 2.24) is 0 Å². The average molecular weight is 193 g/mol. The van der Waals surface area contributed by atoms with Crippen molar-refractivity contribution in [2.75, 3.05) is 5.43 Å². The minimum Gasteiger partial charge on any atom is -0.457 e. The number of furan rings is 1. The standard InChI is InChI=1S/C8H7N3O3/c9-10-6-1-2-7(11(12)13)8-5(6)3-4-14-8/h1-4,10H,9H2. The summed E-state index contributed by atoms with van der Waals surface area (Å²) in [7, 11) is 0. The van der Waals surface area contributed by atoms with E-state index in [0.717, 1.165) is 0 Å². The first kappa shape index (κ1) is 8.52. The van der Waals surface area contributed by atoms with Crippen LogP contribution in [0.4, 0.5) is 11.4 Å². The van der Waals surface area contributed by atoms with Gasteiger partial charge in [0.15, 0.2) is 0 Å². The quantitative estimate of drug-likeness (QED) is 0.429. The Hall–Kier alpha value is -2.08. The fourth-order valence-corrected chi connectivity index (χ4v) is 1.32. The first-order valence-electron chi connectivity index (χ1n) is 3.85. The average Bonchev–Trinajstić information content (AvgIpc) is 2.64. The molecule has 3 N–H and O–H groups in total. The number of nitrogens with zero attached hydrogens (tertiary/aromatic N) is 1. The number of rotatable bonds is 2. The maximum atomic E-state index is 10.6. The van der Waals surface area contributed by atoms with Gasteiger partial charge in [0, 0.05) is 6.07 Å². The summed E-state index contributed by atoms with van der Waals surface area (Å²) in [6.45, 7) is 0. The first-order chi connectivity index (χ1) is 6.74. The number of nitro benzene ring substituents is 1. The lowest BCUT2D eigenvalue weighted by molar-refractivity contribution is -0.383. The number of hydrazine groups is 1. The largest absolute Gasteiger partial charge is 0.457 e. The molecule has 0 radical (unpaired) electrons. The fourth-order valence-electron chi connectivity index (χ4n) is 1.32. The smallest absolute Gasteiger partial charge is 0.312 e. The van der Waals surface area contributed by atoms with Gasteiger partial charge in [-0.1, -0.05) is 0 Å². The molecule has 0 atom stereocenters. The molecule has 2 aromatic rings. The van der Waals surface area contributed by atoms with Crippen molar-refractivity contribution in [3.8, 4) is 0 Å². The molecule has 0 aliphatic heterocycles. The van der Waals surface area contributed by atoms with Crippen LogP contribution in [-0.4, -0.2) is 4.92 Å². The van der Waals surface area contributed by atoms with E-state index in [1.54, 1.807) is 6.07 Å². The summed E-state index contributed by atoms with van der Waals surface area (Å²) in [5.41, 5.74) is 3.20. The lowest BCUT2D eigenvalue weighted by atomic mass is 10.2. The zero-order valence-corrected chi connectivity index (χ0v) is 7.06. The highest BCUT2D eigenvalue weighted by Gasteiger charge is 2.16. The zero-order valence-electron chi connectivity index (χ0n) is 7.06. The van der Waals surface area contributed by atoms with Gasteiger partial charge in [0.2, 0.25) is 5.58 Å². The van der Waals surface area contributed by atoms with Gasteiger partial charge in [-0.2, -0.15) is 0 Å². The van der Waals surface area contributed by atoms with Crippen molar-refractivity contribution in [2.24, 2.45) is 5.84 Å². The van der Waals surface area contributed by atoms with E-state index in [2.05, 4.69) is 5.43 Å². The monoisotopic (exact) mass is 193 g/mol. The van der Waals surface area contributed by atoms with E-state index in [9.17, 15) is 10.1 Å². The molecule has 0 saturated carbocycles. The summed E-state index contributed by atoms with van der Waals surface area (Å²) in [6.07, 6.45) is 1.39. The number of hydrogen-bond donors (Lipinski definition) is 2. The van der Waals surface area contributed by atoms with Gasteiger partial charge >= 0.3 is 5.69 Å². The molecule has 1 heterocycles. The molecule has 6 heteroatoms. The Labute approximate surface area is 78.4 Å². The number of nitrogens with one attached hydrogen (secondary N) is 1. The summed E-state index contributed by atoms with van der Waals surface area (Å²) in [4.78, 5) is 10.1. The number of anilines is 1. The predicted molar refractivity (Wildman–Crippen MR) is 50.7 cm³/mol. The van der Waals surface area contributed by atoms with Crippen LogP contribution in [0.2, 0.25) is 0 Å². The summed E-state index contributed by atoms with van der Waals surface area (Å²) in [5.74, 6) is 5.24. The minimum atomic E-state index is -0.494. The Bertz CT molecular complexity index is 492. The van der Waals surface area contributed by atoms with Gasteiger partial charge in [-0.3, -0.25) is 16.0 Å². The third-order valence-corrected chi connectivity index (χ3v) is 1.95. The van der Waals surface area contributed by atoms with Gasteiger partial charge in [0.1, 0.15) is 0 Å². The van der Waals surface area contributed by atoms with Crippen LogP contribution in [0.25, 0.3) is 11.0 Å². The normalized spacial score (nSPS) is 10.4. The molecule has 0 fully saturated rings. The Balaban J connectivity index is 2.78. The molecule has 1 aromatic heterocycles. The Morgan fingerprint density at radius 3 is 2.86 bits per heavy atom. The van der Waals surface area contributed by atoms with E-state index in [0.29, 0.717) is 11.1 Å². The molecule has 0 aliphatic rings. The number of benzene rings is 1. The highest BCUT2D eigenvalue weighted by molar-refractivity contribution is 5.95. The van der Waals surface area contributed by atoms with Crippen LogP contribution in [0.5, 0.6) is 0 Å². The molecule has 2 rings (SSSR count). The van der Waals surface area contributed by atoms with Crippen molar-refractivity contribution in [3.63, 3.8) is 0 Å². The van der Waals surface area contributed by atoms with E-state index in [4.69, 9.17) is 10.3 Å². The molecule has 1 aromatic carbocycles. The van der Waals surface area contributed by atoms with E-state index >= 15 is 0 Å². The van der Waals surface area contributed by atoms with E-state index < -0.39 is 4.92 Å². The molecule has 0 saturated heterocycles. The highest BCUT2D eigenvalue weighted by Crippen LogP contribution is 2.31. The maximum Gasteiger partial charge on any atom is 0.312 e. The zero-order chi connectivity index (χ0) is 10.1. The number of nitrogen functional groups attached to an aromatic ring is 1. The van der Waals surface area contributed by atoms with Gasteiger partial charge in [0.25, 0.3) is 0 Å². The van der Waals surface area contributed by atoms with Crippen LogP contribution in [0.1, 0.15) is 0 Å². The van der Waals surface area contributed by atoms with E-state index in [1.165, 1.54) is 18.4 Å².